The minimum Gasteiger partial charge on any atom is -0.373 e. The number of guanidine groups is 1. The summed E-state index contributed by atoms with van der Waals surface area (Å²) in [6.07, 6.45) is 2.18. The van der Waals surface area contributed by atoms with Gasteiger partial charge in [0.25, 0.3) is 0 Å². The fourth-order valence-corrected chi connectivity index (χ4v) is 2.71. The lowest BCUT2D eigenvalue weighted by Crippen LogP contribution is -2.45. The number of amides is 1. The SMILES string of the molecule is CCNC(=NCc1cccc(NC(C)=O)c1)NCC1(C)CCCO1.I. The van der Waals surface area contributed by atoms with E-state index in [0.29, 0.717) is 6.54 Å². The number of aliphatic imine (C=N–C) groups is 1. The maximum absolute atomic E-state index is 11.1. The van der Waals surface area contributed by atoms with Crippen LogP contribution in [0.25, 0.3) is 0 Å². The van der Waals surface area contributed by atoms with E-state index >= 15 is 0 Å². The van der Waals surface area contributed by atoms with Gasteiger partial charge in [-0.25, -0.2) is 4.99 Å². The molecule has 140 valence electrons. The van der Waals surface area contributed by atoms with Crippen molar-refractivity contribution in [3.8, 4) is 0 Å². The summed E-state index contributed by atoms with van der Waals surface area (Å²) >= 11 is 0. The first-order chi connectivity index (χ1) is 11.5. The number of nitrogens with one attached hydrogen (secondary N) is 3. The molecule has 0 aromatic heterocycles. The van der Waals surface area contributed by atoms with E-state index in [4.69, 9.17) is 4.74 Å². The van der Waals surface area contributed by atoms with Gasteiger partial charge in [-0.05, 0) is 44.4 Å². The Labute approximate surface area is 167 Å². The molecule has 1 aromatic rings. The van der Waals surface area contributed by atoms with E-state index in [9.17, 15) is 4.79 Å². The lowest BCUT2D eigenvalue weighted by Gasteiger charge is -2.24. The van der Waals surface area contributed by atoms with E-state index in [1.165, 1.54) is 6.92 Å². The summed E-state index contributed by atoms with van der Waals surface area (Å²) in [5.74, 6) is 0.703. The van der Waals surface area contributed by atoms with Crippen molar-refractivity contribution in [2.24, 2.45) is 4.99 Å². The van der Waals surface area contributed by atoms with Crippen molar-refractivity contribution in [2.45, 2.75) is 45.8 Å². The zero-order valence-electron chi connectivity index (χ0n) is 15.2. The van der Waals surface area contributed by atoms with Crippen molar-refractivity contribution in [3.05, 3.63) is 29.8 Å². The highest BCUT2D eigenvalue weighted by atomic mass is 127. The number of nitrogens with zero attached hydrogens (tertiary/aromatic N) is 1. The van der Waals surface area contributed by atoms with E-state index in [1.54, 1.807) is 0 Å². The van der Waals surface area contributed by atoms with Gasteiger partial charge in [0.15, 0.2) is 5.96 Å². The number of carbonyl (C=O) groups is 1. The number of carbonyl (C=O) groups excluding carboxylic acids is 1. The molecule has 0 radical (unpaired) electrons. The van der Waals surface area contributed by atoms with Crippen molar-refractivity contribution >= 4 is 41.5 Å². The molecule has 0 bridgehead atoms. The first kappa shape index (κ1) is 21.7. The van der Waals surface area contributed by atoms with Gasteiger partial charge in [-0.2, -0.15) is 0 Å². The topological polar surface area (TPSA) is 74.8 Å². The largest absolute Gasteiger partial charge is 0.373 e. The molecule has 0 saturated carbocycles. The number of rotatable bonds is 6. The fraction of sp³-hybridized carbons (Fsp3) is 0.556. The molecular formula is C18H29IN4O2. The average molecular weight is 460 g/mol. The molecule has 1 heterocycles. The van der Waals surface area contributed by atoms with Gasteiger partial charge in [-0.15, -0.1) is 24.0 Å². The number of ether oxygens (including phenoxy) is 1. The van der Waals surface area contributed by atoms with Crippen LogP contribution in [0.5, 0.6) is 0 Å². The predicted octanol–water partition coefficient (Wildman–Crippen LogP) is 2.89. The maximum atomic E-state index is 11.1. The molecule has 1 amide bonds. The van der Waals surface area contributed by atoms with Crippen LogP contribution in [0.3, 0.4) is 0 Å². The van der Waals surface area contributed by atoms with Crippen molar-refractivity contribution in [1.82, 2.24) is 10.6 Å². The number of anilines is 1. The number of benzene rings is 1. The van der Waals surface area contributed by atoms with Crippen molar-refractivity contribution in [2.75, 3.05) is 25.0 Å². The van der Waals surface area contributed by atoms with Crippen LogP contribution < -0.4 is 16.0 Å². The van der Waals surface area contributed by atoms with Gasteiger partial charge >= 0.3 is 0 Å². The molecular weight excluding hydrogens is 431 g/mol. The van der Waals surface area contributed by atoms with Crippen LogP contribution in [0.4, 0.5) is 5.69 Å². The Morgan fingerprint density at radius 1 is 1.36 bits per heavy atom. The van der Waals surface area contributed by atoms with E-state index in [-0.39, 0.29) is 35.5 Å². The summed E-state index contributed by atoms with van der Waals surface area (Å²) in [4.78, 5) is 15.8. The van der Waals surface area contributed by atoms with Gasteiger partial charge in [0.05, 0.1) is 12.1 Å². The third-order valence-corrected chi connectivity index (χ3v) is 3.94. The van der Waals surface area contributed by atoms with Gasteiger partial charge in [-0.3, -0.25) is 4.79 Å². The summed E-state index contributed by atoms with van der Waals surface area (Å²) in [6.45, 7) is 8.60. The standard InChI is InChI=1S/C18H28N4O2.HI/c1-4-19-17(21-13-18(3)9-6-10-24-18)20-12-15-7-5-8-16(11-15)22-14(2)23;/h5,7-8,11H,4,6,9-10,12-13H2,1-3H3,(H,22,23)(H2,19,20,21);1H. The number of hydrogen-bond donors (Lipinski definition) is 3. The number of hydrogen-bond acceptors (Lipinski definition) is 3. The second-order valence-corrected chi connectivity index (χ2v) is 6.33. The van der Waals surface area contributed by atoms with Crippen LogP contribution in [0.15, 0.2) is 29.3 Å². The highest BCUT2D eigenvalue weighted by Crippen LogP contribution is 2.23. The smallest absolute Gasteiger partial charge is 0.221 e. The molecule has 0 aliphatic carbocycles. The van der Waals surface area contributed by atoms with Gasteiger partial charge in [0.2, 0.25) is 5.91 Å². The van der Waals surface area contributed by atoms with Gasteiger partial charge in [-0.1, -0.05) is 12.1 Å². The molecule has 25 heavy (non-hydrogen) atoms. The zero-order chi connectivity index (χ0) is 17.4. The summed E-state index contributed by atoms with van der Waals surface area (Å²) in [7, 11) is 0. The molecule has 1 atom stereocenters. The highest BCUT2D eigenvalue weighted by molar-refractivity contribution is 14.0. The molecule has 1 aliphatic heterocycles. The molecule has 7 heteroatoms. The van der Waals surface area contributed by atoms with Crippen molar-refractivity contribution < 1.29 is 9.53 Å². The Morgan fingerprint density at radius 2 is 2.16 bits per heavy atom. The first-order valence-corrected chi connectivity index (χ1v) is 8.53. The Bertz CT molecular complexity index is 586. The molecule has 1 saturated heterocycles. The quantitative estimate of drug-likeness (QED) is 0.347. The molecule has 1 aliphatic rings. The van der Waals surface area contributed by atoms with E-state index in [2.05, 4.69) is 27.9 Å². The highest BCUT2D eigenvalue weighted by Gasteiger charge is 2.29. The maximum Gasteiger partial charge on any atom is 0.221 e. The van der Waals surface area contributed by atoms with Crippen LogP contribution in [-0.2, 0) is 16.1 Å². The molecule has 1 unspecified atom stereocenters. The van der Waals surface area contributed by atoms with E-state index in [0.717, 1.165) is 49.7 Å². The molecule has 3 N–H and O–H groups in total. The fourth-order valence-electron chi connectivity index (χ4n) is 2.71. The molecule has 1 aromatic carbocycles. The normalized spacial score (nSPS) is 19.9. The van der Waals surface area contributed by atoms with E-state index < -0.39 is 0 Å². The monoisotopic (exact) mass is 460 g/mol. The predicted molar refractivity (Wildman–Crippen MR) is 113 cm³/mol. The summed E-state index contributed by atoms with van der Waals surface area (Å²) in [5.41, 5.74) is 1.73. The number of halogens is 1. The average Bonchev–Trinajstić information content (AvgIpc) is 2.97. The Kier molecular flexibility index (Phi) is 9.20. The van der Waals surface area contributed by atoms with Gasteiger partial charge in [0, 0.05) is 32.3 Å². The third kappa shape index (κ3) is 7.60. The van der Waals surface area contributed by atoms with Crippen molar-refractivity contribution in [1.29, 1.82) is 0 Å². The zero-order valence-corrected chi connectivity index (χ0v) is 17.6. The minimum absolute atomic E-state index is 0. The Hall–Kier alpha value is -1.35. The molecule has 6 nitrogen and oxygen atoms in total. The van der Waals surface area contributed by atoms with Crippen molar-refractivity contribution in [3.63, 3.8) is 0 Å². The summed E-state index contributed by atoms with van der Waals surface area (Å²) in [6, 6.07) is 7.73. The molecule has 2 rings (SSSR count). The first-order valence-electron chi connectivity index (χ1n) is 8.53. The summed E-state index contributed by atoms with van der Waals surface area (Å²) in [5, 5.41) is 9.41. The van der Waals surface area contributed by atoms with Crippen LogP contribution in [0.1, 0.15) is 39.2 Å². The van der Waals surface area contributed by atoms with Crippen LogP contribution in [-0.4, -0.2) is 37.2 Å². The lowest BCUT2D eigenvalue weighted by molar-refractivity contribution is -0.114. The Balaban J connectivity index is 0.00000312. The van der Waals surface area contributed by atoms with Gasteiger partial charge in [0.1, 0.15) is 0 Å². The van der Waals surface area contributed by atoms with Crippen LogP contribution in [0, 0.1) is 0 Å². The second kappa shape index (κ2) is 10.6. The van der Waals surface area contributed by atoms with Gasteiger partial charge < -0.3 is 20.7 Å². The molecule has 0 spiro atoms. The minimum atomic E-state index is -0.110. The lowest BCUT2D eigenvalue weighted by atomic mass is 10.0. The van der Waals surface area contributed by atoms with Crippen LogP contribution in [0.2, 0.25) is 0 Å². The third-order valence-electron chi connectivity index (χ3n) is 3.94. The Morgan fingerprint density at radius 3 is 2.80 bits per heavy atom. The summed E-state index contributed by atoms with van der Waals surface area (Å²) < 4.78 is 5.80. The van der Waals surface area contributed by atoms with E-state index in [1.807, 2.05) is 31.2 Å². The molecule has 1 fully saturated rings. The van der Waals surface area contributed by atoms with Crippen LogP contribution >= 0.6 is 24.0 Å². The second-order valence-electron chi connectivity index (χ2n) is 6.33.